The standard InChI is InChI=1S/C10H13F3N4O/c1-16-8(18)6-7(10(11,12)13)15-9(16)17-4-2-14-3-5-17/h6,14H,2-5H2,1H3. The van der Waals surface area contributed by atoms with Gasteiger partial charge in [-0.25, -0.2) is 4.98 Å². The summed E-state index contributed by atoms with van der Waals surface area (Å²) in [6, 6.07) is 0.520. The molecule has 1 saturated heterocycles. The summed E-state index contributed by atoms with van der Waals surface area (Å²) in [6.45, 7) is 2.38. The number of piperazine rings is 1. The Labute approximate surface area is 101 Å². The maximum atomic E-state index is 12.6. The molecule has 0 spiro atoms. The van der Waals surface area contributed by atoms with Crippen LogP contribution in [0.2, 0.25) is 0 Å². The van der Waals surface area contributed by atoms with Crippen LogP contribution in [0.5, 0.6) is 0 Å². The Morgan fingerprint density at radius 3 is 2.50 bits per heavy atom. The summed E-state index contributed by atoms with van der Waals surface area (Å²) < 4.78 is 39.0. The highest BCUT2D eigenvalue weighted by molar-refractivity contribution is 5.33. The van der Waals surface area contributed by atoms with Crippen molar-refractivity contribution in [3.05, 3.63) is 22.1 Å². The highest BCUT2D eigenvalue weighted by Gasteiger charge is 2.34. The predicted octanol–water partition coefficient (Wildman–Crippen LogP) is 0.209. The van der Waals surface area contributed by atoms with Gasteiger partial charge in [-0.15, -0.1) is 0 Å². The van der Waals surface area contributed by atoms with Gasteiger partial charge in [0.05, 0.1) is 0 Å². The Morgan fingerprint density at radius 1 is 1.33 bits per heavy atom. The molecule has 2 heterocycles. The monoisotopic (exact) mass is 262 g/mol. The van der Waals surface area contributed by atoms with E-state index in [9.17, 15) is 18.0 Å². The number of nitrogens with zero attached hydrogens (tertiary/aromatic N) is 3. The van der Waals surface area contributed by atoms with Gasteiger partial charge < -0.3 is 10.2 Å². The van der Waals surface area contributed by atoms with Crippen molar-refractivity contribution in [3.63, 3.8) is 0 Å². The Kier molecular flexibility index (Phi) is 3.29. The van der Waals surface area contributed by atoms with Gasteiger partial charge in [0, 0.05) is 39.3 Å². The first kappa shape index (κ1) is 12.9. The molecule has 1 aliphatic rings. The first-order valence-corrected chi connectivity index (χ1v) is 5.50. The fraction of sp³-hybridized carbons (Fsp3) is 0.600. The minimum absolute atomic E-state index is 0.0660. The largest absolute Gasteiger partial charge is 0.433 e. The molecule has 1 N–H and O–H groups in total. The average Bonchev–Trinajstić information content (AvgIpc) is 2.32. The zero-order valence-corrected chi connectivity index (χ0v) is 9.79. The van der Waals surface area contributed by atoms with E-state index in [1.165, 1.54) is 7.05 Å². The number of alkyl halides is 3. The SMILES string of the molecule is Cn1c(N2CCNCC2)nc(C(F)(F)F)cc1=O. The molecule has 0 aliphatic carbocycles. The highest BCUT2D eigenvalue weighted by Crippen LogP contribution is 2.27. The van der Waals surface area contributed by atoms with Crippen molar-refractivity contribution in [2.75, 3.05) is 31.1 Å². The van der Waals surface area contributed by atoms with Crippen molar-refractivity contribution in [3.8, 4) is 0 Å². The van der Waals surface area contributed by atoms with Crippen molar-refractivity contribution in [1.29, 1.82) is 0 Å². The van der Waals surface area contributed by atoms with E-state index >= 15 is 0 Å². The molecule has 0 bridgehead atoms. The molecule has 18 heavy (non-hydrogen) atoms. The molecule has 0 atom stereocenters. The van der Waals surface area contributed by atoms with Gasteiger partial charge in [0.25, 0.3) is 5.56 Å². The lowest BCUT2D eigenvalue weighted by Gasteiger charge is -2.29. The van der Waals surface area contributed by atoms with E-state index in [2.05, 4.69) is 10.3 Å². The summed E-state index contributed by atoms with van der Waals surface area (Å²) in [4.78, 5) is 16.8. The Morgan fingerprint density at radius 2 is 1.94 bits per heavy atom. The van der Waals surface area contributed by atoms with E-state index in [1.54, 1.807) is 4.90 Å². The zero-order chi connectivity index (χ0) is 13.3. The smallest absolute Gasteiger partial charge is 0.340 e. The summed E-state index contributed by atoms with van der Waals surface area (Å²) in [5, 5.41) is 3.08. The van der Waals surface area contributed by atoms with Crippen LogP contribution in [0, 0.1) is 0 Å². The average molecular weight is 262 g/mol. The molecule has 0 unspecified atom stereocenters. The molecular weight excluding hydrogens is 249 g/mol. The van der Waals surface area contributed by atoms with Gasteiger partial charge in [-0.1, -0.05) is 0 Å². The fourth-order valence-corrected chi connectivity index (χ4v) is 1.82. The van der Waals surface area contributed by atoms with Crippen LogP contribution >= 0.6 is 0 Å². The van der Waals surface area contributed by atoms with Crippen LogP contribution in [0.4, 0.5) is 19.1 Å². The molecule has 0 saturated carbocycles. The lowest BCUT2D eigenvalue weighted by atomic mass is 10.3. The number of halogens is 3. The van der Waals surface area contributed by atoms with Crippen molar-refractivity contribution < 1.29 is 13.2 Å². The molecule has 8 heteroatoms. The molecule has 1 aromatic heterocycles. The van der Waals surface area contributed by atoms with Gasteiger partial charge in [0.15, 0.2) is 5.69 Å². The number of aromatic nitrogens is 2. The number of hydrogen-bond donors (Lipinski definition) is 1. The lowest BCUT2D eigenvalue weighted by Crippen LogP contribution is -2.46. The molecule has 0 amide bonds. The molecule has 2 rings (SSSR count). The van der Waals surface area contributed by atoms with Gasteiger partial charge in [-0.05, 0) is 0 Å². The van der Waals surface area contributed by atoms with E-state index in [-0.39, 0.29) is 5.95 Å². The minimum Gasteiger partial charge on any atom is -0.340 e. The molecular formula is C10H13F3N4O. The normalized spacial score (nSPS) is 17.0. The quantitative estimate of drug-likeness (QED) is 0.786. The van der Waals surface area contributed by atoms with Crippen LogP contribution in [0.3, 0.4) is 0 Å². The minimum atomic E-state index is -4.60. The summed E-state index contributed by atoms with van der Waals surface area (Å²) in [5.41, 5.74) is -1.84. The summed E-state index contributed by atoms with van der Waals surface area (Å²) in [5.74, 6) is 0.0660. The predicted molar refractivity (Wildman–Crippen MR) is 59.6 cm³/mol. The third-order valence-corrected chi connectivity index (χ3v) is 2.80. The maximum absolute atomic E-state index is 12.6. The third-order valence-electron chi connectivity index (χ3n) is 2.80. The van der Waals surface area contributed by atoms with Crippen molar-refractivity contribution in [2.24, 2.45) is 7.05 Å². The summed E-state index contributed by atoms with van der Waals surface area (Å²) in [6.07, 6.45) is -4.60. The maximum Gasteiger partial charge on any atom is 0.433 e. The number of nitrogens with one attached hydrogen (secondary N) is 1. The van der Waals surface area contributed by atoms with Crippen LogP contribution in [-0.4, -0.2) is 35.7 Å². The van der Waals surface area contributed by atoms with Gasteiger partial charge in [0.1, 0.15) is 0 Å². The second-order valence-electron chi connectivity index (χ2n) is 4.07. The molecule has 1 fully saturated rings. The molecule has 1 aromatic rings. The van der Waals surface area contributed by atoms with Crippen molar-refractivity contribution in [2.45, 2.75) is 6.18 Å². The van der Waals surface area contributed by atoms with Crippen LogP contribution in [-0.2, 0) is 13.2 Å². The number of rotatable bonds is 1. The van der Waals surface area contributed by atoms with E-state index in [4.69, 9.17) is 0 Å². The molecule has 0 aromatic carbocycles. The third kappa shape index (κ3) is 2.47. The Balaban J connectivity index is 2.45. The zero-order valence-electron chi connectivity index (χ0n) is 9.79. The molecule has 100 valence electrons. The van der Waals surface area contributed by atoms with Crippen LogP contribution in [0.1, 0.15) is 5.69 Å². The topological polar surface area (TPSA) is 50.2 Å². The van der Waals surface area contributed by atoms with E-state index in [0.29, 0.717) is 32.2 Å². The first-order chi connectivity index (χ1) is 8.39. The summed E-state index contributed by atoms with van der Waals surface area (Å²) >= 11 is 0. The molecule has 0 radical (unpaired) electrons. The van der Waals surface area contributed by atoms with Gasteiger partial charge in [-0.2, -0.15) is 13.2 Å². The lowest BCUT2D eigenvalue weighted by molar-refractivity contribution is -0.141. The first-order valence-electron chi connectivity index (χ1n) is 5.50. The molecule has 1 aliphatic heterocycles. The van der Waals surface area contributed by atoms with Gasteiger partial charge in [0.2, 0.25) is 5.95 Å². The highest BCUT2D eigenvalue weighted by atomic mass is 19.4. The second-order valence-corrected chi connectivity index (χ2v) is 4.07. The van der Waals surface area contributed by atoms with Crippen LogP contribution in [0.25, 0.3) is 0 Å². The Bertz CT molecular complexity index is 491. The van der Waals surface area contributed by atoms with E-state index < -0.39 is 17.4 Å². The fourth-order valence-electron chi connectivity index (χ4n) is 1.82. The van der Waals surface area contributed by atoms with Crippen LogP contribution in [0.15, 0.2) is 10.9 Å². The van der Waals surface area contributed by atoms with Gasteiger partial charge in [-0.3, -0.25) is 9.36 Å². The number of hydrogen-bond acceptors (Lipinski definition) is 4. The number of anilines is 1. The van der Waals surface area contributed by atoms with Crippen molar-refractivity contribution in [1.82, 2.24) is 14.9 Å². The van der Waals surface area contributed by atoms with Crippen molar-refractivity contribution >= 4 is 5.95 Å². The van der Waals surface area contributed by atoms with Gasteiger partial charge >= 0.3 is 6.18 Å². The molecule has 5 nitrogen and oxygen atoms in total. The van der Waals surface area contributed by atoms with E-state index in [0.717, 1.165) is 4.57 Å². The Hall–Kier alpha value is -1.57. The van der Waals surface area contributed by atoms with Crippen LogP contribution < -0.4 is 15.8 Å². The second kappa shape index (κ2) is 4.60. The van der Waals surface area contributed by atoms with E-state index in [1.807, 2.05) is 0 Å². The summed E-state index contributed by atoms with van der Waals surface area (Å²) in [7, 11) is 1.42.